The van der Waals surface area contributed by atoms with E-state index < -0.39 is 0 Å². The number of anilines is 1. The van der Waals surface area contributed by atoms with Gasteiger partial charge in [0.2, 0.25) is 5.91 Å². The van der Waals surface area contributed by atoms with Crippen LogP contribution in [0.5, 0.6) is 5.75 Å². The molecule has 0 aliphatic heterocycles. The molecule has 0 spiro atoms. The number of aryl methyl sites for hydroxylation is 3. The first-order chi connectivity index (χ1) is 15.1. The van der Waals surface area contributed by atoms with Crippen LogP contribution in [-0.2, 0) is 24.1 Å². The smallest absolute Gasteiger partial charge is 0.259 e. The third-order valence-corrected chi connectivity index (χ3v) is 7.29. The standard InChI is InChI=1S/C22H20N4O3S2/c1-29-15-7-3-2-5-12(15)14-11-30-22(23-14)26-18(27)10-9-17-24-20(28)19-13-6-4-8-16(13)31-21(19)25-17/h2-3,5,7,11H,4,6,8-10H2,1H3,(H,23,26,27)(H,24,25,28). The first-order valence-corrected chi connectivity index (χ1v) is 11.7. The van der Waals surface area contributed by atoms with Gasteiger partial charge in [-0.3, -0.25) is 9.59 Å². The Morgan fingerprint density at radius 3 is 3.00 bits per heavy atom. The topological polar surface area (TPSA) is 97.0 Å². The zero-order valence-corrected chi connectivity index (χ0v) is 18.5. The van der Waals surface area contributed by atoms with E-state index in [1.54, 1.807) is 18.4 Å². The van der Waals surface area contributed by atoms with Crippen LogP contribution < -0.4 is 15.6 Å². The summed E-state index contributed by atoms with van der Waals surface area (Å²) in [6, 6.07) is 7.62. The van der Waals surface area contributed by atoms with E-state index in [1.807, 2.05) is 29.6 Å². The second kappa shape index (κ2) is 8.24. The molecule has 0 radical (unpaired) electrons. The maximum atomic E-state index is 12.5. The molecule has 7 nitrogen and oxygen atoms in total. The Morgan fingerprint density at radius 1 is 1.26 bits per heavy atom. The van der Waals surface area contributed by atoms with Crippen molar-refractivity contribution in [1.82, 2.24) is 15.0 Å². The largest absolute Gasteiger partial charge is 0.496 e. The van der Waals surface area contributed by atoms with Crippen molar-refractivity contribution in [2.24, 2.45) is 0 Å². The second-order valence-electron chi connectivity index (χ2n) is 7.34. The van der Waals surface area contributed by atoms with E-state index in [9.17, 15) is 9.59 Å². The van der Waals surface area contributed by atoms with E-state index in [2.05, 4.69) is 20.3 Å². The summed E-state index contributed by atoms with van der Waals surface area (Å²) in [5.74, 6) is 1.11. The lowest BCUT2D eigenvalue weighted by molar-refractivity contribution is -0.116. The first kappa shape index (κ1) is 19.9. The lowest BCUT2D eigenvalue weighted by Crippen LogP contribution is -2.16. The van der Waals surface area contributed by atoms with Gasteiger partial charge in [-0.15, -0.1) is 22.7 Å². The number of aromatic nitrogens is 3. The van der Waals surface area contributed by atoms with Gasteiger partial charge in [0.25, 0.3) is 5.56 Å². The van der Waals surface area contributed by atoms with E-state index in [1.165, 1.54) is 16.2 Å². The number of hydrogen-bond donors (Lipinski definition) is 2. The average molecular weight is 453 g/mol. The van der Waals surface area contributed by atoms with Gasteiger partial charge >= 0.3 is 0 Å². The molecule has 0 saturated carbocycles. The van der Waals surface area contributed by atoms with Crippen molar-refractivity contribution < 1.29 is 9.53 Å². The molecule has 1 amide bonds. The van der Waals surface area contributed by atoms with Crippen LogP contribution in [-0.4, -0.2) is 28.0 Å². The number of fused-ring (bicyclic) bond motifs is 3. The van der Waals surface area contributed by atoms with Gasteiger partial charge in [0.15, 0.2) is 5.13 Å². The number of thiazole rings is 1. The highest BCUT2D eigenvalue weighted by atomic mass is 32.1. The van der Waals surface area contributed by atoms with Crippen molar-refractivity contribution >= 4 is 43.9 Å². The van der Waals surface area contributed by atoms with Gasteiger partial charge in [-0.1, -0.05) is 12.1 Å². The van der Waals surface area contributed by atoms with Crippen LogP contribution in [0.3, 0.4) is 0 Å². The zero-order valence-electron chi connectivity index (χ0n) is 16.9. The second-order valence-corrected chi connectivity index (χ2v) is 9.28. The molecule has 1 aromatic carbocycles. The van der Waals surface area contributed by atoms with Gasteiger partial charge in [0.1, 0.15) is 16.4 Å². The van der Waals surface area contributed by atoms with Gasteiger partial charge in [-0.05, 0) is 37.0 Å². The molecule has 0 atom stereocenters. The third-order valence-electron chi connectivity index (χ3n) is 5.35. The van der Waals surface area contributed by atoms with Crippen molar-refractivity contribution in [1.29, 1.82) is 0 Å². The molecule has 31 heavy (non-hydrogen) atoms. The van der Waals surface area contributed by atoms with Crippen LogP contribution in [0.25, 0.3) is 21.5 Å². The average Bonchev–Trinajstić information content (AvgIpc) is 3.48. The molecule has 5 rings (SSSR count). The summed E-state index contributed by atoms with van der Waals surface area (Å²) < 4.78 is 5.38. The Balaban J connectivity index is 1.26. The van der Waals surface area contributed by atoms with Gasteiger partial charge in [-0.2, -0.15) is 0 Å². The van der Waals surface area contributed by atoms with Gasteiger partial charge in [-0.25, -0.2) is 9.97 Å². The zero-order chi connectivity index (χ0) is 21.4. The Kier molecular flexibility index (Phi) is 5.29. The number of benzene rings is 1. The van der Waals surface area contributed by atoms with E-state index in [-0.39, 0.29) is 17.9 Å². The molecule has 0 unspecified atom stereocenters. The molecule has 0 fully saturated rings. The van der Waals surface area contributed by atoms with Crippen molar-refractivity contribution in [2.45, 2.75) is 32.1 Å². The molecule has 1 aliphatic carbocycles. The number of carbonyl (C=O) groups is 1. The number of amides is 1. The molecule has 158 valence electrons. The lowest BCUT2D eigenvalue weighted by Gasteiger charge is -2.05. The molecular formula is C22H20N4O3S2. The number of nitrogens with one attached hydrogen (secondary N) is 2. The van der Waals surface area contributed by atoms with Gasteiger partial charge < -0.3 is 15.0 Å². The number of nitrogens with zero attached hydrogens (tertiary/aromatic N) is 2. The van der Waals surface area contributed by atoms with E-state index >= 15 is 0 Å². The summed E-state index contributed by atoms with van der Waals surface area (Å²) in [4.78, 5) is 39.0. The summed E-state index contributed by atoms with van der Waals surface area (Å²) >= 11 is 2.97. The third kappa shape index (κ3) is 3.86. The van der Waals surface area contributed by atoms with Crippen molar-refractivity contribution in [3.8, 4) is 17.0 Å². The normalized spacial score (nSPS) is 12.8. The van der Waals surface area contributed by atoms with Crippen molar-refractivity contribution in [3.63, 3.8) is 0 Å². The quantitative estimate of drug-likeness (QED) is 0.458. The lowest BCUT2D eigenvalue weighted by atomic mass is 10.1. The van der Waals surface area contributed by atoms with Crippen LogP contribution in [0.4, 0.5) is 5.13 Å². The van der Waals surface area contributed by atoms with Crippen LogP contribution in [0.1, 0.15) is 29.1 Å². The molecule has 9 heteroatoms. The predicted octanol–water partition coefficient (Wildman–Crippen LogP) is 4.18. The number of thiophene rings is 1. The molecule has 3 aromatic heterocycles. The monoisotopic (exact) mass is 452 g/mol. The van der Waals surface area contributed by atoms with E-state index in [0.29, 0.717) is 17.4 Å². The number of hydrogen-bond acceptors (Lipinski definition) is 7. The van der Waals surface area contributed by atoms with Crippen LogP contribution in [0, 0.1) is 0 Å². The summed E-state index contributed by atoms with van der Waals surface area (Å²) in [6.45, 7) is 0. The van der Waals surface area contributed by atoms with Crippen LogP contribution in [0.2, 0.25) is 0 Å². The number of ether oxygens (including phenoxy) is 1. The first-order valence-electron chi connectivity index (χ1n) is 10.0. The molecular weight excluding hydrogens is 432 g/mol. The number of rotatable bonds is 6. The number of carbonyl (C=O) groups excluding carboxylic acids is 1. The summed E-state index contributed by atoms with van der Waals surface area (Å²) in [7, 11) is 1.62. The molecule has 1 aliphatic rings. The predicted molar refractivity (Wildman–Crippen MR) is 123 cm³/mol. The molecule has 3 heterocycles. The van der Waals surface area contributed by atoms with Gasteiger partial charge in [0.05, 0.1) is 18.2 Å². The number of para-hydroxylation sites is 1. The maximum absolute atomic E-state index is 12.5. The fourth-order valence-corrected chi connectivity index (χ4v) is 5.90. The highest BCUT2D eigenvalue weighted by Gasteiger charge is 2.21. The Labute approximate surface area is 186 Å². The Bertz CT molecular complexity index is 1340. The maximum Gasteiger partial charge on any atom is 0.259 e. The minimum absolute atomic E-state index is 0.0961. The summed E-state index contributed by atoms with van der Waals surface area (Å²) in [5.41, 5.74) is 2.69. The van der Waals surface area contributed by atoms with Crippen molar-refractivity contribution in [2.75, 3.05) is 12.4 Å². The number of methoxy groups -OCH3 is 1. The van der Waals surface area contributed by atoms with Gasteiger partial charge in [0, 0.05) is 28.7 Å². The highest BCUT2D eigenvalue weighted by molar-refractivity contribution is 7.18. The fraction of sp³-hybridized carbons (Fsp3) is 0.273. The minimum Gasteiger partial charge on any atom is -0.496 e. The fourth-order valence-electron chi connectivity index (χ4n) is 3.89. The van der Waals surface area contributed by atoms with Crippen LogP contribution >= 0.6 is 22.7 Å². The number of H-pyrrole nitrogens is 1. The van der Waals surface area contributed by atoms with Crippen molar-refractivity contribution in [3.05, 3.63) is 56.3 Å². The van der Waals surface area contributed by atoms with E-state index in [4.69, 9.17) is 4.74 Å². The molecule has 0 saturated heterocycles. The summed E-state index contributed by atoms with van der Waals surface area (Å²) in [6.07, 6.45) is 3.66. The minimum atomic E-state index is -0.169. The number of aromatic amines is 1. The Hall–Kier alpha value is -3.04. The van der Waals surface area contributed by atoms with E-state index in [0.717, 1.165) is 52.0 Å². The Morgan fingerprint density at radius 2 is 2.13 bits per heavy atom. The molecule has 0 bridgehead atoms. The SMILES string of the molecule is COc1ccccc1-c1csc(NC(=O)CCc2nc3sc4c(c3c(=O)[nH]2)CCC4)n1. The highest BCUT2D eigenvalue weighted by Crippen LogP contribution is 2.34. The summed E-state index contributed by atoms with van der Waals surface area (Å²) in [5, 5.41) is 5.98. The van der Waals surface area contributed by atoms with Crippen LogP contribution in [0.15, 0.2) is 34.4 Å². The molecule has 4 aromatic rings. The molecule has 2 N–H and O–H groups in total.